The Hall–Kier alpha value is -2.56. The molecule has 0 fully saturated rings. The lowest BCUT2D eigenvalue weighted by atomic mass is 10.3. The number of nitrogen functional groups attached to an aromatic ring is 1. The lowest BCUT2D eigenvalue weighted by Crippen LogP contribution is -1.88. The maximum Gasteiger partial charge on any atom is 0.300 e. The molecule has 90 valence electrons. The molecule has 0 atom stereocenters. The van der Waals surface area contributed by atoms with E-state index in [1.54, 1.807) is 30.3 Å². The van der Waals surface area contributed by atoms with Crippen LogP contribution < -0.4 is 10.5 Å². The number of rotatable bonds is 2. The Labute approximate surface area is 102 Å². The molecule has 0 saturated heterocycles. The largest absolute Gasteiger partial charge is 0.426 e. The molecule has 0 aliphatic carbocycles. The maximum absolute atomic E-state index is 13.0. The average molecular weight is 243 g/mol. The second kappa shape index (κ2) is 4.03. The number of nitrogens with zero attached hydrogens (tertiary/aromatic N) is 1. The summed E-state index contributed by atoms with van der Waals surface area (Å²) in [6.45, 7) is 0. The fourth-order valence-corrected chi connectivity index (χ4v) is 1.70. The first-order valence-corrected chi connectivity index (χ1v) is 5.39. The van der Waals surface area contributed by atoms with Gasteiger partial charge in [0.2, 0.25) is 0 Å². The van der Waals surface area contributed by atoms with Crippen LogP contribution in [0.4, 0.5) is 10.1 Å². The smallest absolute Gasteiger partial charge is 0.300 e. The quantitative estimate of drug-likeness (QED) is 0.680. The number of aromatic amines is 1. The molecular weight excluding hydrogens is 233 g/mol. The number of anilines is 1. The van der Waals surface area contributed by atoms with Crippen LogP contribution in [0.15, 0.2) is 42.5 Å². The zero-order valence-corrected chi connectivity index (χ0v) is 9.35. The Morgan fingerprint density at radius 2 is 2.06 bits per heavy atom. The molecule has 3 aromatic rings. The Kier molecular flexibility index (Phi) is 2.37. The van der Waals surface area contributed by atoms with E-state index in [2.05, 4.69) is 9.97 Å². The molecule has 4 nitrogen and oxygen atoms in total. The van der Waals surface area contributed by atoms with Crippen LogP contribution in [-0.2, 0) is 0 Å². The van der Waals surface area contributed by atoms with Crippen LogP contribution in [0.1, 0.15) is 0 Å². The maximum atomic E-state index is 13.0. The van der Waals surface area contributed by atoms with Crippen LogP contribution in [0.5, 0.6) is 11.8 Å². The summed E-state index contributed by atoms with van der Waals surface area (Å²) >= 11 is 0. The van der Waals surface area contributed by atoms with Gasteiger partial charge in [0.25, 0.3) is 6.01 Å². The number of halogens is 1. The van der Waals surface area contributed by atoms with Crippen molar-refractivity contribution >= 4 is 16.7 Å². The van der Waals surface area contributed by atoms with Crippen molar-refractivity contribution in [1.82, 2.24) is 9.97 Å². The number of hydrogen-bond acceptors (Lipinski definition) is 3. The van der Waals surface area contributed by atoms with Gasteiger partial charge in [0.1, 0.15) is 11.6 Å². The molecule has 5 heteroatoms. The predicted molar refractivity (Wildman–Crippen MR) is 67.0 cm³/mol. The summed E-state index contributed by atoms with van der Waals surface area (Å²) in [5.41, 5.74) is 7.49. The fourth-order valence-electron chi connectivity index (χ4n) is 1.70. The molecule has 3 rings (SSSR count). The summed E-state index contributed by atoms with van der Waals surface area (Å²) in [4.78, 5) is 7.08. The van der Waals surface area contributed by atoms with Gasteiger partial charge in [0, 0.05) is 11.8 Å². The number of imidazole rings is 1. The van der Waals surface area contributed by atoms with E-state index in [9.17, 15) is 4.39 Å². The van der Waals surface area contributed by atoms with E-state index in [1.165, 1.54) is 12.1 Å². The third-order valence-electron chi connectivity index (χ3n) is 2.49. The van der Waals surface area contributed by atoms with E-state index in [-0.39, 0.29) is 5.82 Å². The third kappa shape index (κ3) is 1.98. The van der Waals surface area contributed by atoms with Crippen molar-refractivity contribution in [2.45, 2.75) is 0 Å². The molecule has 0 radical (unpaired) electrons. The minimum absolute atomic E-state index is 0.307. The molecule has 2 aromatic carbocycles. The molecule has 0 aliphatic rings. The van der Waals surface area contributed by atoms with Gasteiger partial charge in [-0.25, -0.2) is 4.39 Å². The number of benzene rings is 2. The van der Waals surface area contributed by atoms with E-state index in [0.29, 0.717) is 28.5 Å². The summed E-state index contributed by atoms with van der Waals surface area (Å²) < 4.78 is 18.5. The van der Waals surface area contributed by atoms with Gasteiger partial charge in [0.05, 0.1) is 11.0 Å². The van der Waals surface area contributed by atoms with Crippen LogP contribution in [0.25, 0.3) is 11.0 Å². The van der Waals surface area contributed by atoms with Crippen LogP contribution in [0.3, 0.4) is 0 Å². The van der Waals surface area contributed by atoms with Crippen molar-refractivity contribution in [1.29, 1.82) is 0 Å². The number of ether oxygens (including phenoxy) is 1. The number of nitrogens with one attached hydrogen (secondary N) is 1. The molecular formula is C13H10FN3O. The number of fused-ring (bicyclic) bond motifs is 1. The van der Waals surface area contributed by atoms with Gasteiger partial charge in [-0.05, 0) is 30.3 Å². The lowest BCUT2D eigenvalue weighted by molar-refractivity contribution is 0.449. The summed E-state index contributed by atoms with van der Waals surface area (Å²) in [7, 11) is 0. The lowest BCUT2D eigenvalue weighted by Gasteiger charge is -2.01. The van der Waals surface area contributed by atoms with Crippen molar-refractivity contribution in [3.05, 3.63) is 48.3 Å². The number of aromatic nitrogens is 2. The van der Waals surface area contributed by atoms with Crippen LogP contribution in [0, 0.1) is 5.82 Å². The summed E-state index contributed by atoms with van der Waals surface area (Å²) in [6, 6.07) is 11.6. The topological polar surface area (TPSA) is 63.9 Å². The Bertz CT molecular complexity index is 708. The highest BCUT2D eigenvalue weighted by Gasteiger charge is 2.05. The highest BCUT2D eigenvalue weighted by atomic mass is 19.1. The number of H-pyrrole nitrogens is 1. The molecule has 0 amide bonds. The SMILES string of the molecule is Nc1cccc(Oc2nc3ccc(F)cc3[nH]2)c1. The molecule has 3 N–H and O–H groups in total. The first-order valence-electron chi connectivity index (χ1n) is 5.39. The normalized spacial score (nSPS) is 10.7. The van der Waals surface area contributed by atoms with Gasteiger partial charge >= 0.3 is 0 Å². The molecule has 18 heavy (non-hydrogen) atoms. The zero-order valence-electron chi connectivity index (χ0n) is 9.35. The summed E-state index contributed by atoms with van der Waals surface area (Å²) in [6.07, 6.45) is 0. The van der Waals surface area contributed by atoms with Gasteiger partial charge < -0.3 is 15.5 Å². The minimum atomic E-state index is -0.318. The molecule has 0 saturated carbocycles. The average Bonchev–Trinajstić information content (AvgIpc) is 2.70. The van der Waals surface area contributed by atoms with Crippen molar-refractivity contribution in [3.63, 3.8) is 0 Å². The van der Waals surface area contributed by atoms with Crippen molar-refractivity contribution in [2.24, 2.45) is 0 Å². The number of nitrogens with two attached hydrogens (primary N) is 1. The first kappa shape index (κ1) is 10.6. The molecule has 0 spiro atoms. The minimum Gasteiger partial charge on any atom is -0.426 e. The van der Waals surface area contributed by atoms with Gasteiger partial charge in [-0.1, -0.05) is 6.07 Å². The second-order valence-electron chi connectivity index (χ2n) is 3.88. The van der Waals surface area contributed by atoms with Gasteiger partial charge in [-0.2, -0.15) is 4.98 Å². The van der Waals surface area contributed by atoms with E-state index >= 15 is 0 Å². The Morgan fingerprint density at radius 3 is 2.89 bits per heavy atom. The van der Waals surface area contributed by atoms with Crippen molar-refractivity contribution in [3.8, 4) is 11.8 Å². The van der Waals surface area contributed by atoms with Crippen molar-refractivity contribution < 1.29 is 9.13 Å². The van der Waals surface area contributed by atoms with Gasteiger partial charge in [-0.15, -0.1) is 0 Å². The molecule has 1 aromatic heterocycles. The van der Waals surface area contributed by atoms with Crippen LogP contribution in [0.2, 0.25) is 0 Å². The monoisotopic (exact) mass is 243 g/mol. The van der Waals surface area contributed by atoms with Crippen LogP contribution >= 0.6 is 0 Å². The number of hydrogen-bond donors (Lipinski definition) is 2. The predicted octanol–water partition coefficient (Wildman–Crippen LogP) is 3.08. The third-order valence-corrected chi connectivity index (χ3v) is 2.49. The fraction of sp³-hybridized carbons (Fsp3) is 0. The van der Waals surface area contributed by atoms with Gasteiger partial charge in [0.15, 0.2) is 0 Å². The first-order chi connectivity index (χ1) is 8.70. The van der Waals surface area contributed by atoms with E-state index in [1.807, 2.05) is 0 Å². The summed E-state index contributed by atoms with van der Waals surface area (Å²) in [5.74, 6) is 0.260. The molecule has 1 heterocycles. The van der Waals surface area contributed by atoms with Gasteiger partial charge in [-0.3, -0.25) is 0 Å². The highest BCUT2D eigenvalue weighted by Crippen LogP contribution is 2.23. The Morgan fingerprint density at radius 1 is 1.17 bits per heavy atom. The van der Waals surface area contributed by atoms with Crippen LogP contribution in [-0.4, -0.2) is 9.97 Å². The molecule has 0 unspecified atom stereocenters. The Balaban J connectivity index is 1.95. The molecule has 0 aliphatic heterocycles. The van der Waals surface area contributed by atoms with Crippen molar-refractivity contribution in [2.75, 3.05) is 5.73 Å². The second-order valence-corrected chi connectivity index (χ2v) is 3.88. The summed E-state index contributed by atoms with van der Waals surface area (Å²) in [5, 5.41) is 0. The zero-order chi connectivity index (χ0) is 12.5. The molecule has 0 bridgehead atoms. The van der Waals surface area contributed by atoms with E-state index in [0.717, 1.165) is 0 Å². The van der Waals surface area contributed by atoms with E-state index < -0.39 is 0 Å². The standard InChI is InChI=1S/C13H10FN3O/c14-8-4-5-11-12(6-8)17-13(16-11)18-10-3-1-2-9(15)7-10/h1-7H,15H2,(H,16,17). The highest BCUT2D eigenvalue weighted by molar-refractivity contribution is 5.75. The van der Waals surface area contributed by atoms with E-state index in [4.69, 9.17) is 10.5 Å².